The predicted molar refractivity (Wildman–Crippen MR) is 147 cm³/mol. The summed E-state index contributed by atoms with van der Waals surface area (Å²) in [5.41, 5.74) is -0.844. The van der Waals surface area contributed by atoms with Gasteiger partial charge in [-0.1, -0.05) is 23.9 Å². The quantitative estimate of drug-likeness (QED) is 0.144. The second-order valence-electron chi connectivity index (χ2n) is 9.47. The highest BCUT2D eigenvalue weighted by Crippen LogP contribution is 2.34. The summed E-state index contributed by atoms with van der Waals surface area (Å²) >= 11 is 0.917. The number of carbonyl (C=O) groups is 1. The van der Waals surface area contributed by atoms with Crippen LogP contribution in [0.5, 0.6) is 0 Å². The largest absolute Gasteiger partial charge is 0.455 e. The van der Waals surface area contributed by atoms with Crippen LogP contribution < -0.4 is 15.1 Å². The van der Waals surface area contributed by atoms with Crippen LogP contribution >= 0.6 is 11.8 Å². The predicted octanol–water partition coefficient (Wildman–Crippen LogP) is 6.05. The Hall–Kier alpha value is -4.27. The Kier molecular flexibility index (Phi) is 8.80. The van der Waals surface area contributed by atoms with Gasteiger partial charge in [-0.05, 0) is 42.5 Å². The molecule has 1 fully saturated rings. The van der Waals surface area contributed by atoms with E-state index < -0.39 is 29.5 Å². The molecule has 4 heterocycles. The Morgan fingerprint density at radius 2 is 1.65 bits per heavy atom. The lowest BCUT2D eigenvalue weighted by molar-refractivity contribution is -0.141. The fraction of sp³-hybridized carbons (Fsp3) is 0.286. The van der Waals surface area contributed by atoms with E-state index in [1.165, 1.54) is 12.1 Å². The average molecular weight is 623 g/mol. The van der Waals surface area contributed by atoms with E-state index >= 15 is 0 Å². The van der Waals surface area contributed by atoms with Crippen molar-refractivity contribution in [2.45, 2.75) is 29.8 Å². The van der Waals surface area contributed by atoms with E-state index in [1.54, 1.807) is 46.3 Å². The van der Waals surface area contributed by atoms with Crippen LogP contribution in [0.15, 0.2) is 76.4 Å². The molecule has 3 aromatic heterocycles. The van der Waals surface area contributed by atoms with Crippen molar-refractivity contribution in [1.82, 2.24) is 20.3 Å². The van der Waals surface area contributed by atoms with Crippen molar-refractivity contribution < 1.29 is 35.6 Å². The zero-order chi connectivity index (χ0) is 30.6. The minimum Gasteiger partial charge on any atom is -0.455 e. The Morgan fingerprint density at radius 1 is 0.884 bits per heavy atom. The first kappa shape index (κ1) is 30.2. The van der Waals surface area contributed by atoms with Gasteiger partial charge in [0.1, 0.15) is 11.6 Å². The lowest BCUT2D eigenvalue weighted by atomic mass is 10.1. The Morgan fingerprint density at radius 3 is 2.35 bits per heavy atom. The van der Waals surface area contributed by atoms with Gasteiger partial charge >= 0.3 is 12.4 Å². The topological polar surface area (TPSA) is 87.4 Å². The number of nitrogens with zero attached hydrogens (tertiary/aromatic N) is 5. The molecule has 0 radical (unpaired) electrons. The van der Waals surface area contributed by atoms with Gasteiger partial charge in [-0.2, -0.15) is 26.3 Å². The van der Waals surface area contributed by atoms with Crippen molar-refractivity contribution in [3.63, 3.8) is 0 Å². The number of halogens is 6. The third-order valence-electron chi connectivity index (χ3n) is 6.51. The maximum absolute atomic E-state index is 13.7. The van der Waals surface area contributed by atoms with Crippen LogP contribution in [0.2, 0.25) is 0 Å². The minimum atomic E-state index is -4.73. The van der Waals surface area contributed by atoms with Crippen LogP contribution in [0.3, 0.4) is 0 Å². The van der Waals surface area contributed by atoms with E-state index in [2.05, 4.69) is 20.3 Å². The summed E-state index contributed by atoms with van der Waals surface area (Å²) in [7, 11) is 0. The second-order valence-corrected chi connectivity index (χ2v) is 10.4. The fourth-order valence-corrected chi connectivity index (χ4v) is 5.08. The summed E-state index contributed by atoms with van der Waals surface area (Å²) in [6.07, 6.45) is -7.60. The van der Waals surface area contributed by atoms with Crippen molar-refractivity contribution in [3.8, 4) is 0 Å². The number of nitrogens with one attached hydrogen (secondary N) is 1. The highest BCUT2D eigenvalue weighted by atomic mass is 32.2. The van der Waals surface area contributed by atoms with E-state index in [4.69, 9.17) is 4.42 Å². The fourth-order valence-electron chi connectivity index (χ4n) is 4.33. The number of hydrogen-bond acceptors (Lipinski definition) is 8. The van der Waals surface area contributed by atoms with Gasteiger partial charge in [0, 0.05) is 44.1 Å². The zero-order valence-corrected chi connectivity index (χ0v) is 23.1. The van der Waals surface area contributed by atoms with Crippen molar-refractivity contribution in [2.24, 2.45) is 0 Å². The number of anilines is 2. The third-order valence-corrected chi connectivity index (χ3v) is 7.38. The summed E-state index contributed by atoms with van der Waals surface area (Å²) in [5, 5.41) is 2.55. The number of pyridine rings is 1. The molecule has 1 aliphatic heterocycles. The molecule has 0 unspecified atom stereocenters. The molecule has 1 aliphatic rings. The number of amides is 1. The summed E-state index contributed by atoms with van der Waals surface area (Å²) in [5.74, 6) is 0.0322. The molecule has 0 aliphatic carbocycles. The molecule has 1 amide bonds. The number of hydrogen-bond donors (Lipinski definition) is 1. The van der Waals surface area contributed by atoms with Crippen molar-refractivity contribution >= 4 is 29.2 Å². The second kappa shape index (κ2) is 12.5. The van der Waals surface area contributed by atoms with Crippen LogP contribution in [-0.4, -0.2) is 47.0 Å². The first-order chi connectivity index (χ1) is 20.5. The number of rotatable bonds is 8. The van der Waals surface area contributed by atoms with Crippen LogP contribution in [0.4, 0.5) is 37.8 Å². The Balaban J connectivity index is 1.23. The van der Waals surface area contributed by atoms with Crippen LogP contribution in [0.25, 0.3) is 0 Å². The molecule has 0 atom stereocenters. The third kappa shape index (κ3) is 7.77. The number of thioether (sulfide) groups is 1. The first-order valence-corrected chi connectivity index (χ1v) is 14.0. The van der Waals surface area contributed by atoms with Crippen LogP contribution in [-0.2, 0) is 24.7 Å². The molecule has 4 aromatic rings. The average Bonchev–Trinajstić information content (AvgIpc) is 3.48. The summed E-state index contributed by atoms with van der Waals surface area (Å²) < 4.78 is 86.0. The van der Waals surface area contributed by atoms with Gasteiger partial charge < -0.3 is 19.5 Å². The van der Waals surface area contributed by atoms with E-state index in [1.807, 2.05) is 0 Å². The molecule has 0 saturated carbocycles. The van der Waals surface area contributed by atoms with Crippen LogP contribution in [0.1, 0.15) is 33.3 Å². The summed E-state index contributed by atoms with van der Waals surface area (Å²) in [6, 6.07) is 14.1. The molecule has 1 saturated heterocycles. The summed E-state index contributed by atoms with van der Waals surface area (Å²) in [4.78, 5) is 27.9. The van der Waals surface area contributed by atoms with E-state index in [9.17, 15) is 31.1 Å². The monoisotopic (exact) mass is 622 g/mol. The van der Waals surface area contributed by atoms with E-state index in [-0.39, 0.29) is 55.2 Å². The Labute approximate surface area is 246 Å². The molecular weight excluding hydrogens is 598 g/mol. The number of carbonyl (C=O) groups excluding carboxylic acids is 1. The highest BCUT2D eigenvalue weighted by molar-refractivity contribution is 7.98. The molecule has 0 spiro atoms. The Bertz CT molecular complexity index is 1560. The van der Waals surface area contributed by atoms with Gasteiger partial charge in [0.25, 0.3) is 5.91 Å². The van der Waals surface area contributed by atoms with Gasteiger partial charge in [-0.3, -0.25) is 9.78 Å². The molecular formula is C28H24F6N6O2S. The molecule has 8 nitrogen and oxygen atoms in total. The maximum Gasteiger partial charge on any atom is 0.433 e. The minimum absolute atomic E-state index is 0.0378. The molecule has 1 N–H and O–H groups in total. The van der Waals surface area contributed by atoms with Gasteiger partial charge in [-0.15, -0.1) is 0 Å². The lowest BCUT2D eigenvalue weighted by Crippen LogP contribution is -2.47. The van der Waals surface area contributed by atoms with Crippen molar-refractivity contribution in [1.29, 1.82) is 0 Å². The smallest absolute Gasteiger partial charge is 0.433 e. The molecule has 43 heavy (non-hydrogen) atoms. The molecule has 15 heteroatoms. The lowest BCUT2D eigenvalue weighted by Gasteiger charge is -2.37. The van der Waals surface area contributed by atoms with E-state index in [0.29, 0.717) is 17.1 Å². The molecule has 1 aromatic carbocycles. The highest BCUT2D eigenvalue weighted by Gasteiger charge is 2.35. The number of piperazine rings is 1. The normalized spacial score (nSPS) is 14.2. The maximum atomic E-state index is 13.7. The first-order valence-electron chi connectivity index (χ1n) is 13.0. The molecule has 226 valence electrons. The number of alkyl halides is 6. The van der Waals surface area contributed by atoms with Gasteiger partial charge in [0.15, 0.2) is 16.6 Å². The zero-order valence-electron chi connectivity index (χ0n) is 22.3. The standard InChI is InChI=1S/C28H24F6N6O2S/c29-27(30,31)18-4-3-6-20(14-18)39-10-12-40(13-11-39)24-15-23(28(32,33)34)37-26(38-24)43-17-21-7-8-22(42-21)25(41)36-16-19-5-1-2-9-35-19/h1-9,14-15H,10-13,16-17H2,(H,36,41). The van der Waals surface area contributed by atoms with Crippen molar-refractivity contribution in [3.05, 3.63) is 95.3 Å². The molecule has 0 bridgehead atoms. The van der Waals surface area contributed by atoms with Crippen molar-refractivity contribution in [2.75, 3.05) is 36.0 Å². The van der Waals surface area contributed by atoms with Gasteiger partial charge in [-0.25, -0.2) is 9.97 Å². The number of furan rings is 1. The summed E-state index contributed by atoms with van der Waals surface area (Å²) in [6.45, 7) is 1.24. The number of benzene rings is 1. The molecule has 5 rings (SSSR count). The van der Waals surface area contributed by atoms with Gasteiger partial charge in [0.2, 0.25) is 0 Å². The van der Waals surface area contributed by atoms with Crippen LogP contribution in [0, 0.1) is 0 Å². The van der Waals surface area contributed by atoms with E-state index in [0.717, 1.165) is 30.0 Å². The number of aromatic nitrogens is 3. The van der Waals surface area contributed by atoms with Gasteiger partial charge in [0.05, 0.1) is 23.6 Å². The SMILES string of the molecule is O=C(NCc1ccccn1)c1ccc(CSc2nc(N3CCN(c4cccc(C(F)(F)F)c4)CC3)cc(C(F)(F)F)n2)o1.